The fourth-order valence-corrected chi connectivity index (χ4v) is 8.69. The van der Waals surface area contributed by atoms with Gasteiger partial charge in [-0.3, -0.25) is 4.79 Å². The Morgan fingerprint density at radius 3 is 2.40 bits per heavy atom. The summed E-state index contributed by atoms with van der Waals surface area (Å²) in [6.45, 7) is 8.44. The van der Waals surface area contributed by atoms with E-state index in [9.17, 15) is 13.2 Å². The molecule has 1 aromatic rings. The summed E-state index contributed by atoms with van der Waals surface area (Å²) in [5, 5.41) is 0. The van der Waals surface area contributed by atoms with Gasteiger partial charge >= 0.3 is 0 Å². The van der Waals surface area contributed by atoms with Gasteiger partial charge in [0, 0.05) is 5.92 Å². The molecule has 1 aromatic carbocycles. The molecule has 0 amide bonds. The number of Topliss-reactive ketones (excluding diaryl/α,β-unsaturated/α-hetero) is 1. The summed E-state index contributed by atoms with van der Waals surface area (Å²) in [6.07, 6.45) is 3.89. The number of hydrogen-bond donors (Lipinski definition) is 0. The Kier molecular flexibility index (Phi) is 4.73. The molecule has 30 heavy (non-hydrogen) atoms. The molecule has 5 rings (SSSR count). The Morgan fingerprint density at radius 2 is 1.70 bits per heavy atom. The molecular formula is C24H33NO4S. The first kappa shape index (κ1) is 20.7. The third-order valence-electron chi connectivity index (χ3n) is 8.63. The van der Waals surface area contributed by atoms with E-state index < -0.39 is 16.3 Å². The first-order valence-electron chi connectivity index (χ1n) is 11.4. The third-order valence-corrected chi connectivity index (χ3v) is 10.5. The fraction of sp³-hybridized carbons (Fsp3) is 0.708. The molecule has 1 aliphatic heterocycles. The van der Waals surface area contributed by atoms with Crippen molar-refractivity contribution in [1.29, 1.82) is 0 Å². The minimum Gasteiger partial charge on any atom is -0.356 e. The number of rotatable bonds is 3. The van der Waals surface area contributed by atoms with E-state index in [-0.39, 0.29) is 41.1 Å². The Hall–Kier alpha value is -1.24. The number of ketones is 1. The van der Waals surface area contributed by atoms with Crippen LogP contribution < -0.4 is 0 Å². The van der Waals surface area contributed by atoms with Crippen LogP contribution in [-0.2, 0) is 19.6 Å². The summed E-state index contributed by atoms with van der Waals surface area (Å²) in [7, 11) is -3.77. The average Bonchev–Trinajstić information content (AvgIpc) is 3.29. The summed E-state index contributed by atoms with van der Waals surface area (Å²) >= 11 is 0. The molecule has 1 saturated heterocycles. The van der Waals surface area contributed by atoms with Crippen LogP contribution >= 0.6 is 0 Å². The normalized spacial score (nSPS) is 40.7. The number of carbonyl (C=O) groups excluding carboxylic acids is 1. The first-order chi connectivity index (χ1) is 14.1. The monoisotopic (exact) mass is 431 g/mol. The molecular weight excluding hydrogens is 398 g/mol. The van der Waals surface area contributed by atoms with E-state index in [4.69, 9.17) is 4.74 Å². The van der Waals surface area contributed by atoms with Gasteiger partial charge < -0.3 is 4.74 Å². The Balaban J connectivity index is 1.59. The van der Waals surface area contributed by atoms with Crippen LogP contribution in [0.4, 0.5) is 0 Å². The van der Waals surface area contributed by atoms with Crippen LogP contribution in [0.15, 0.2) is 29.2 Å². The fourth-order valence-electron chi connectivity index (χ4n) is 6.91. The third kappa shape index (κ3) is 2.79. The van der Waals surface area contributed by atoms with E-state index >= 15 is 0 Å². The molecule has 3 aliphatic carbocycles. The maximum absolute atomic E-state index is 14.0. The summed E-state index contributed by atoms with van der Waals surface area (Å²) in [6, 6.07) is 6.90. The van der Waals surface area contributed by atoms with Gasteiger partial charge in [-0.1, -0.05) is 44.9 Å². The second kappa shape index (κ2) is 6.88. The molecule has 0 N–H and O–H groups in total. The summed E-state index contributed by atoms with van der Waals surface area (Å²) < 4.78 is 36.1. The SMILES string of the molecule is Cc1ccc(S(=O)(=O)N2[C@@H]3[C@H](O[C@@H]2C2CCCC(C)C2=O)[C@@H]2CC[C@H]3C2(C)C)cc1. The van der Waals surface area contributed by atoms with Gasteiger partial charge in [0.2, 0.25) is 10.0 Å². The van der Waals surface area contributed by atoms with E-state index in [1.165, 1.54) is 0 Å². The number of benzene rings is 1. The number of nitrogens with zero attached hydrogens (tertiary/aromatic N) is 1. The van der Waals surface area contributed by atoms with Crippen LogP contribution in [0.3, 0.4) is 0 Å². The number of ether oxygens (including phenoxy) is 1. The maximum Gasteiger partial charge on any atom is 0.245 e. The van der Waals surface area contributed by atoms with Crippen molar-refractivity contribution in [2.24, 2.45) is 29.1 Å². The van der Waals surface area contributed by atoms with Crippen molar-refractivity contribution < 1.29 is 17.9 Å². The molecule has 2 bridgehead atoms. The summed E-state index contributed by atoms with van der Waals surface area (Å²) in [4.78, 5) is 13.4. The molecule has 164 valence electrons. The van der Waals surface area contributed by atoms with Crippen molar-refractivity contribution in [3.63, 3.8) is 0 Å². The lowest BCUT2D eigenvalue weighted by Gasteiger charge is -2.38. The predicted molar refractivity (Wildman–Crippen MR) is 114 cm³/mol. The number of aryl methyl sites for hydroxylation is 1. The molecule has 0 spiro atoms. The van der Waals surface area contributed by atoms with E-state index in [1.54, 1.807) is 16.4 Å². The summed E-state index contributed by atoms with van der Waals surface area (Å²) in [5.74, 6) is 0.409. The molecule has 7 atom stereocenters. The second-order valence-corrected chi connectivity index (χ2v) is 12.4. The molecule has 5 nitrogen and oxygen atoms in total. The lowest BCUT2D eigenvalue weighted by Crippen LogP contribution is -2.51. The average molecular weight is 432 g/mol. The molecule has 1 heterocycles. The zero-order chi connectivity index (χ0) is 21.4. The van der Waals surface area contributed by atoms with Gasteiger partial charge in [0.1, 0.15) is 12.0 Å². The van der Waals surface area contributed by atoms with Gasteiger partial charge in [0.25, 0.3) is 0 Å². The smallest absolute Gasteiger partial charge is 0.245 e. The Morgan fingerprint density at radius 1 is 1.03 bits per heavy atom. The van der Waals surface area contributed by atoms with Crippen LogP contribution in [0.1, 0.15) is 58.4 Å². The van der Waals surface area contributed by atoms with Crippen molar-refractivity contribution in [3.05, 3.63) is 29.8 Å². The second-order valence-electron chi connectivity index (χ2n) is 10.6. The van der Waals surface area contributed by atoms with Crippen molar-refractivity contribution in [2.45, 2.75) is 83.1 Å². The van der Waals surface area contributed by atoms with Gasteiger partial charge in [-0.25, -0.2) is 8.42 Å². The van der Waals surface area contributed by atoms with Gasteiger partial charge in [-0.05, 0) is 62.0 Å². The minimum atomic E-state index is -3.77. The highest BCUT2D eigenvalue weighted by atomic mass is 32.2. The van der Waals surface area contributed by atoms with E-state index in [1.807, 2.05) is 26.0 Å². The topological polar surface area (TPSA) is 63.7 Å². The van der Waals surface area contributed by atoms with Crippen molar-refractivity contribution in [2.75, 3.05) is 0 Å². The number of hydrogen-bond acceptors (Lipinski definition) is 4. The molecule has 0 radical (unpaired) electrons. The quantitative estimate of drug-likeness (QED) is 0.721. The maximum atomic E-state index is 14.0. The number of sulfonamides is 1. The highest BCUT2D eigenvalue weighted by Gasteiger charge is 2.68. The van der Waals surface area contributed by atoms with E-state index in [0.717, 1.165) is 31.2 Å². The van der Waals surface area contributed by atoms with E-state index in [2.05, 4.69) is 13.8 Å². The van der Waals surface area contributed by atoms with Gasteiger partial charge in [-0.15, -0.1) is 0 Å². The highest BCUT2D eigenvalue weighted by Crippen LogP contribution is 2.63. The first-order valence-corrected chi connectivity index (χ1v) is 12.9. The molecule has 4 fully saturated rings. The molecule has 2 unspecified atom stereocenters. The van der Waals surface area contributed by atoms with Crippen LogP contribution in [0, 0.1) is 36.0 Å². The zero-order valence-electron chi connectivity index (χ0n) is 18.4. The van der Waals surface area contributed by atoms with Crippen molar-refractivity contribution in [1.82, 2.24) is 4.31 Å². The van der Waals surface area contributed by atoms with Crippen LogP contribution in [0.2, 0.25) is 0 Å². The van der Waals surface area contributed by atoms with Crippen molar-refractivity contribution in [3.8, 4) is 0 Å². The van der Waals surface area contributed by atoms with E-state index in [0.29, 0.717) is 17.2 Å². The van der Waals surface area contributed by atoms with Crippen LogP contribution in [-0.4, -0.2) is 36.9 Å². The zero-order valence-corrected chi connectivity index (χ0v) is 19.2. The van der Waals surface area contributed by atoms with Gasteiger partial charge in [-0.2, -0.15) is 4.31 Å². The largest absolute Gasteiger partial charge is 0.356 e. The standard InChI is InChI=1S/C24H33NO4S/c1-14-8-10-16(11-9-14)30(27,28)25-20-18-12-13-19(24(18,3)4)22(20)29-23(25)17-7-5-6-15(2)21(17)26/h8-11,15,17-20,22-23H,5-7,12-13H2,1-4H3/t15?,17?,18-,19+,20+,22-,23-/m1/s1. The molecule has 4 aliphatic rings. The van der Waals surface area contributed by atoms with Gasteiger partial charge in [0.15, 0.2) is 0 Å². The minimum absolute atomic E-state index is 0.0233. The lowest BCUT2D eigenvalue weighted by molar-refractivity contribution is -0.138. The van der Waals surface area contributed by atoms with Gasteiger partial charge in [0.05, 0.1) is 23.0 Å². The van der Waals surface area contributed by atoms with Crippen LogP contribution in [0.25, 0.3) is 0 Å². The molecule has 6 heteroatoms. The molecule has 0 aromatic heterocycles. The lowest BCUT2D eigenvalue weighted by atomic mass is 9.79. The predicted octanol–water partition coefficient (Wildman–Crippen LogP) is 4.15. The molecule has 3 saturated carbocycles. The highest BCUT2D eigenvalue weighted by molar-refractivity contribution is 7.89. The Bertz CT molecular complexity index is 954. The Labute approximate surface area is 180 Å². The summed E-state index contributed by atoms with van der Waals surface area (Å²) in [5.41, 5.74) is 1.09. The van der Waals surface area contributed by atoms with Crippen molar-refractivity contribution >= 4 is 15.8 Å². The number of carbonyl (C=O) groups is 1. The van der Waals surface area contributed by atoms with Crippen LogP contribution in [0.5, 0.6) is 0 Å². The number of fused-ring (bicyclic) bond motifs is 5.